The maximum Gasteiger partial charge on any atom is 0.0642 e. The highest BCUT2D eigenvalue weighted by molar-refractivity contribution is 5.86. The molecule has 0 bridgehead atoms. The van der Waals surface area contributed by atoms with Crippen LogP contribution in [-0.4, -0.2) is 50.3 Å². The van der Waals surface area contributed by atoms with Crippen LogP contribution in [0.15, 0.2) is 36.4 Å². The summed E-state index contributed by atoms with van der Waals surface area (Å²) in [4.78, 5) is 5.05. The molecule has 3 nitrogen and oxygen atoms in total. The third-order valence-electron chi connectivity index (χ3n) is 5.64. The van der Waals surface area contributed by atoms with Crippen LogP contribution in [0.25, 0.3) is 10.8 Å². The van der Waals surface area contributed by atoms with E-state index in [0.29, 0.717) is 0 Å². The molecule has 2 fully saturated rings. The van der Waals surface area contributed by atoms with Gasteiger partial charge >= 0.3 is 0 Å². The lowest BCUT2D eigenvalue weighted by Gasteiger charge is -2.29. The summed E-state index contributed by atoms with van der Waals surface area (Å²) in [5.74, 6) is 0. The van der Waals surface area contributed by atoms with Crippen LogP contribution in [0, 0.1) is 0 Å². The highest BCUT2D eigenvalue weighted by atomic mass is 16.5. The zero-order valence-electron chi connectivity index (χ0n) is 14.7. The minimum Gasteiger partial charge on any atom is -0.378 e. The Labute approximate surface area is 145 Å². The number of ether oxygens (including phenoxy) is 1. The molecule has 1 atom stereocenters. The summed E-state index contributed by atoms with van der Waals surface area (Å²) in [6.07, 6.45) is 3.89. The summed E-state index contributed by atoms with van der Waals surface area (Å²) in [6.45, 7) is 8.50. The second kappa shape index (κ2) is 7.12. The molecule has 2 aromatic rings. The molecule has 0 aromatic heterocycles. The van der Waals surface area contributed by atoms with Gasteiger partial charge in [0, 0.05) is 31.4 Å². The van der Waals surface area contributed by atoms with Gasteiger partial charge in [0.1, 0.15) is 0 Å². The fraction of sp³-hybridized carbons (Fsp3) is 0.524. The Kier molecular flexibility index (Phi) is 4.72. The predicted molar refractivity (Wildman–Crippen MR) is 101 cm³/mol. The highest BCUT2D eigenvalue weighted by Crippen LogP contribution is 2.24. The van der Waals surface area contributed by atoms with Gasteiger partial charge in [-0.3, -0.25) is 0 Å². The first kappa shape index (κ1) is 15.9. The standard InChI is InChI=1S/C21H28N2O/c1-17-3-2-9-22(17)10-8-18-4-5-20-16-21(7-6-19(20)15-18)23-11-13-24-14-12-23/h4-7,15-17H,2-3,8-14H2,1H3/t17-/m0/s1. The number of benzene rings is 2. The van der Waals surface area contributed by atoms with E-state index in [2.05, 4.69) is 53.1 Å². The molecule has 0 aliphatic carbocycles. The number of nitrogens with zero attached hydrogens (tertiary/aromatic N) is 2. The van der Waals surface area contributed by atoms with Crippen LogP contribution >= 0.6 is 0 Å². The predicted octanol–water partition coefficient (Wildman–Crippen LogP) is 3.70. The summed E-state index contributed by atoms with van der Waals surface area (Å²) in [7, 11) is 0. The first-order chi connectivity index (χ1) is 11.8. The van der Waals surface area contributed by atoms with E-state index in [0.717, 1.165) is 38.8 Å². The Hall–Kier alpha value is -1.58. The normalized spacial score (nSPS) is 22.4. The number of morpholine rings is 1. The Balaban J connectivity index is 1.47. The number of fused-ring (bicyclic) bond motifs is 1. The minimum absolute atomic E-state index is 0.765. The van der Waals surface area contributed by atoms with Gasteiger partial charge in [-0.2, -0.15) is 0 Å². The summed E-state index contributed by atoms with van der Waals surface area (Å²) < 4.78 is 5.46. The second-order valence-corrected chi connectivity index (χ2v) is 7.24. The van der Waals surface area contributed by atoms with Gasteiger partial charge in [0.2, 0.25) is 0 Å². The van der Waals surface area contributed by atoms with Crippen LogP contribution in [0.5, 0.6) is 0 Å². The van der Waals surface area contributed by atoms with E-state index in [1.165, 1.54) is 48.0 Å². The van der Waals surface area contributed by atoms with Gasteiger partial charge in [-0.1, -0.05) is 24.3 Å². The second-order valence-electron chi connectivity index (χ2n) is 7.24. The highest BCUT2D eigenvalue weighted by Gasteiger charge is 2.19. The van der Waals surface area contributed by atoms with Crippen LogP contribution in [0.3, 0.4) is 0 Å². The average Bonchev–Trinajstić information content (AvgIpc) is 3.05. The van der Waals surface area contributed by atoms with Gasteiger partial charge in [0.25, 0.3) is 0 Å². The van der Waals surface area contributed by atoms with Crippen LogP contribution in [-0.2, 0) is 11.2 Å². The van der Waals surface area contributed by atoms with Crippen molar-refractivity contribution in [2.75, 3.05) is 44.3 Å². The molecule has 2 aliphatic heterocycles. The van der Waals surface area contributed by atoms with E-state index in [1.807, 2.05) is 0 Å². The lowest BCUT2D eigenvalue weighted by molar-refractivity contribution is 0.122. The van der Waals surface area contributed by atoms with Crippen molar-refractivity contribution in [1.29, 1.82) is 0 Å². The van der Waals surface area contributed by atoms with E-state index in [1.54, 1.807) is 0 Å². The van der Waals surface area contributed by atoms with E-state index in [9.17, 15) is 0 Å². The van der Waals surface area contributed by atoms with Gasteiger partial charge in [-0.15, -0.1) is 0 Å². The van der Waals surface area contributed by atoms with E-state index in [4.69, 9.17) is 4.74 Å². The van der Waals surface area contributed by atoms with Crippen molar-refractivity contribution >= 4 is 16.5 Å². The topological polar surface area (TPSA) is 15.7 Å². The van der Waals surface area contributed by atoms with Crippen molar-refractivity contribution in [3.8, 4) is 0 Å². The molecule has 3 heteroatoms. The molecule has 2 aromatic carbocycles. The van der Waals surface area contributed by atoms with E-state index < -0.39 is 0 Å². The number of hydrogen-bond acceptors (Lipinski definition) is 3. The Bertz CT molecular complexity index is 693. The number of rotatable bonds is 4. The Morgan fingerprint density at radius 3 is 2.58 bits per heavy atom. The fourth-order valence-corrected chi connectivity index (χ4v) is 4.05. The zero-order valence-corrected chi connectivity index (χ0v) is 14.7. The number of likely N-dealkylation sites (tertiary alicyclic amines) is 1. The zero-order chi connectivity index (χ0) is 16.4. The van der Waals surface area contributed by atoms with Crippen molar-refractivity contribution in [1.82, 2.24) is 4.90 Å². The number of hydrogen-bond donors (Lipinski definition) is 0. The maximum absolute atomic E-state index is 5.46. The van der Waals surface area contributed by atoms with Crippen molar-refractivity contribution in [3.05, 3.63) is 42.0 Å². The number of anilines is 1. The van der Waals surface area contributed by atoms with Crippen LogP contribution in [0.4, 0.5) is 5.69 Å². The van der Waals surface area contributed by atoms with Gasteiger partial charge in [0.05, 0.1) is 13.2 Å². The van der Waals surface area contributed by atoms with Crippen molar-refractivity contribution in [3.63, 3.8) is 0 Å². The summed E-state index contributed by atoms with van der Waals surface area (Å²) >= 11 is 0. The first-order valence-electron chi connectivity index (χ1n) is 9.39. The Morgan fingerprint density at radius 2 is 1.79 bits per heavy atom. The van der Waals surface area contributed by atoms with Crippen LogP contribution in [0.2, 0.25) is 0 Å². The molecular weight excluding hydrogens is 296 g/mol. The summed E-state index contributed by atoms with van der Waals surface area (Å²) in [5.41, 5.74) is 2.78. The maximum atomic E-state index is 5.46. The molecule has 24 heavy (non-hydrogen) atoms. The smallest absolute Gasteiger partial charge is 0.0642 e. The van der Waals surface area contributed by atoms with Gasteiger partial charge in [0.15, 0.2) is 0 Å². The monoisotopic (exact) mass is 324 g/mol. The quantitative estimate of drug-likeness (QED) is 0.853. The molecule has 0 unspecified atom stereocenters. The Morgan fingerprint density at radius 1 is 1.00 bits per heavy atom. The molecule has 0 spiro atoms. The molecule has 2 saturated heterocycles. The lowest BCUT2D eigenvalue weighted by Crippen LogP contribution is -2.36. The molecule has 0 N–H and O–H groups in total. The first-order valence-corrected chi connectivity index (χ1v) is 9.39. The molecule has 128 valence electrons. The molecular formula is C21H28N2O. The lowest BCUT2D eigenvalue weighted by atomic mass is 10.0. The van der Waals surface area contributed by atoms with Crippen molar-refractivity contribution in [2.45, 2.75) is 32.2 Å². The molecule has 0 saturated carbocycles. The van der Waals surface area contributed by atoms with Gasteiger partial charge in [-0.25, -0.2) is 0 Å². The van der Waals surface area contributed by atoms with Crippen molar-refractivity contribution in [2.24, 2.45) is 0 Å². The average molecular weight is 324 g/mol. The van der Waals surface area contributed by atoms with E-state index in [-0.39, 0.29) is 0 Å². The summed E-state index contributed by atoms with van der Waals surface area (Å²) in [6, 6.07) is 14.6. The van der Waals surface area contributed by atoms with Crippen molar-refractivity contribution < 1.29 is 4.74 Å². The molecule has 2 heterocycles. The molecule has 0 amide bonds. The minimum atomic E-state index is 0.765. The van der Waals surface area contributed by atoms with Crippen LogP contribution < -0.4 is 4.90 Å². The van der Waals surface area contributed by atoms with Crippen LogP contribution in [0.1, 0.15) is 25.3 Å². The SMILES string of the molecule is C[C@H]1CCCN1CCc1ccc2cc(N3CCOCC3)ccc2c1. The third kappa shape index (κ3) is 3.42. The summed E-state index contributed by atoms with van der Waals surface area (Å²) in [5, 5.41) is 2.70. The molecule has 4 rings (SSSR count). The van der Waals surface area contributed by atoms with Gasteiger partial charge in [-0.05, 0) is 61.2 Å². The third-order valence-corrected chi connectivity index (χ3v) is 5.64. The largest absolute Gasteiger partial charge is 0.378 e. The van der Waals surface area contributed by atoms with Gasteiger partial charge < -0.3 is 14.5 Å². The molecule has 2 aliphatic rings. The van der Waals surface area contributed by atoms with E-state index >= 15 is 0 Å². The fourth-order valence-electron chi connectivity index (χ4n) is 4.05. The molecule has 0 radical (unpaired) electrons.